The van der Waals surface area contributed by atoms with Gasteiger partial charge in [0.25, 0.3) is 5.91 Å². The van der Waals surface area contributed by atoms with Gasteiger partial charge >= 0.3 is 0 Å². The number of carbonyl (C=O) groups excluding carboxylic acids is 2. The molecule has 1 aliphatic heterocycles. The Hall–Kier alpha value is -2.76. The number of halogens is 2. The lowest BCUT2D eigenvalue weighted by atomic mass is 10.1. The highest BCUT2D eigenvalue weighted by atomic mass is 19.1. The van der Waals surface area contributed by atoms with Gasteiger partial charge in [-0.25, -0.2) is 8.78 Å². The van der Waals surface area contributed by atoms with Crippen molar-refractivity contribution in [1.82, 2.24) is 5.32 Å². The molecule has 2 aromatic carbocycles. The molecule has 0 fully saturated rings. The molecule has 0 aromatic heterocycles. The van der Waals surface area contributed by atoms with E-state index in [4.69, 9.17) is 0 Å². The van der Waals surface area contributed by atoms with Crippen LogP contribution in [-0.2, 0) is 11.2 Å². The van der Waals surface area contributed by atoms with Gasteiger partial charge in [0.1, 0.15) is 11.6 Å². The molecule has 0 aliphatic carbocycles. The first-order chi connectivity index (χ1) is 12.5. The van der Waals surface area contributed by atoms with Crippen molar-refractivity contribution in [2.24, 2.45) is 0 Å². The summed E-state index contributed by atoms with van der Waals surface area (Å²) in [6, 6.07) is 10.8. The lowest BCUT2D eigenvalue weighted by Crippen LogP contribution is -2.36. The highest BCUT2D eigenvalue weighted by Gasteiger charge is 2.29. The zero-order chi connectivity index (χ0) is 18.7. The van der Waals surface area contributed by atoms with Gasteiger partial charge in [-0.3, -0.25) is 9.59 Å². The molecule has 1 atom stereocenters. The zero-order valence-corrected chi connectivity index (χ0v) is 14.5. The fraction of sp³-hybridized carbons (Fsp3) is 0.300. The molecular formula is C20H20F2N2O2. The van der Waals surface area contributed by atoms with Crippen LogP contribution in [-0.4, -0.2) is 24.4 Å². The van der Waals surface area contributed by atoms with Crippen LogP contribution in [0.4, 0.5) is 14.5 Å². The fourth-order valence-corrected chi connectivity index (χ4v) is 3.28. The molecule has 2 amide bonds. The average molecular weight is 358 g/mol. The molecule has 1 N–H and O–H groups in total. The Morgan fingerprint density at radius 2 is 1.96 bits per heavy atom. The molecule has 0 saturated carbocycles. The van der Waals surface area contributed by atoms with Gasteiger partial charge in [0.2, 0.25) is 5.91 Å². The molecule has 1 aliphatic rings. The Labute approximate surface area is 150 Å². The van der Waals surface area contributed by atoms with Crippen molar-refractivity contribution in [3.8, 4) is 0 Å². The predicted octanol–water partition coefficient (Wildman–Crippen LogP) is 3.45. The maximum atomic E-state index is 13.6. The van der Waals surface area contributed by atoms with E-state index >= 15 is 0 Å². The van der Waals surface area contributed by atoms with Crippen LogP contribution in [0.5, 0.6) is 0 Å². The number of amides is 2. The quantitative estimate of drug-likeness (QED) is 0.833. The summed E-state index contributed by atoms with van der Waals surface area (Å²) in [5.41, 5.74) is 1.90. The first kappa shape index (κ1) is 18.0. The molecule has 2 aromatic rings. The minimum Gasteiger partial charge on any atom is -0.352 e. The van der Waals surface area contributed by atoms with E-state index in [1.54, 1.807) is 4.90 Å². The largest absolute Gasteiger partial charge is 0.352 e. The average Bonchev–Trinajstić information content (AvgIpc) is 2.94. The number of fused-ring (bicyclic) bond motifs is 1. The molecule has 0 unspecified atom stereocenters. The Balaban J connectivity index is 1.51. The van der Waals surface area contributed by atoms with E-state index in [-0.39, 0.29) is 30.5 Å². The number of carbonyl (C=O) groups is 2. The number of nitrogens with zero attached hydrogens (tertiary/aromatic N) is 1. The van der Waals surface area contributed by atoms with Crippen molar-refractivity contribution in [2.75, 3.05) is 11.4 Å². The third-order valence-corrected chi connectivity index (χ3v) is 4.50. The maximum absolute atomic E-state index is 13.6. The fourth-order valence-electron chi connectivity index (χ4n) is 3.28. The summed E-state index contributed by atoms with van der Waals surface area (Å²) in [5.74, 6) is -2.25. The summed E-state index contributed by atoms with van der Waals surface area (Å²) in [4.78, 5) is 26.3. The molecule has 0 saturated heterocycles. The lowest BCUT2D eigenvalue weighted by molar-refractivity contribution is -0.119. The number of nitrogens with one attached hydrogen (secondary N) is 1. The van der Waals surface area contributed by atoms with Crippen molar-refractivity contribution >= 4 is 17.5 Å². The SMILES string of the molecule is C[C@@H]1Cc2ccccc2N1C(=O)CCCNC(=O)c1ccc(F)cc1F. The first-order valence-corrected chi connectivity index (χ1v) is 8.60. The summed E-state index contributed by atoms with van der Waals surface area (Å²) in [5, 5.41) is 2.56. The summed E-state index contributed by atoms with van der Waals surface area (Å²) < 4.78 is 26.4. The van der Waals surface area contributed by atoms with Crippen molar-refractivity contribution in [2.45, 2.75) is 32.2 Å². The van der Waals surface area contributed by atoms with Crippen LogP contribution in [0.3, 0.4) is 0 Å². The topological polar surface area (TPSA) is 49.4 Å². The molecule has 136 valence electrons. The van der Waals surface area contributed by atoms with E-state index in [0.29, 0.717) is 12.5 Å². The van der Waals surface area contributed by atoms with E-state index in [2.05, 4.69) is 5.32 Å². The molecule has 0 bridgehead atoms. The zero-order valence-electron chi connectivity index (χ0n) is 14.5. The van der Waals surface area contributed by atoms with Crippen LogP contribution in [0.25, 0.3) is 0 Å². The highest BCUT2D eigenvalue weighted by molar-refractivity contribution is 5.96. The lowest BCUT2D eigenvalue weighted by Gasteiger charge is -2.22. The van der Waals surface area contributed by atoms with E-state index in [1.807, 2.05) is 31.2 Å². The Kier molecular flexibility index (Phi) is 5.30. The molecule has 6 heteroatoms. The van der Waals surface area contributed by atoms with Gasteiger partial charge in [0.15, 0.2) is 0 Å². The van der Waals surface area contributed by atoms with Gasteiger partial charge in [-0.1, -0.05) is 18.2 Å². The predicted molar refractivity (Wildman–Crippen MR) is 95.0 cm³/mol. The van der Waals surface area contributed by atoms with Crippen LogP contribution < -0.4 is 10.2 Å². The van der Waals surface area contributed by atoms with Gasteiger partial charge < -0.3 is 10.2 Å². The third-order valence-electron chi connectivity index (χ3n) is 4.50. The second-order valence-corrected chi connectivity index (χ2v) is 6.43. The van der Waals surface area contributed by atoms with E-state index in [9.17, 15) is 18.4 Å². The van der Waals surface area contributed by atoms with E-state index in [1.165, 1.54) is 0 Å². The van der Waals surface area contributed by atoms with E-state index < -0.39 is 17.5 Å². The minimum absolute atomic E-state index is 0.00432. The molecule has 4 nitrogen and oxygen atoms in total. The maximum Gasteiger partial charge on any atom is 0.254 e. The summed E-state index contributed by atoms with van der Waals surface area (Å²) >= 11 is 0. The number of benzene rings is 2. The normalized spacial score (nSPS) is 15.7. The molecule has 3 rings (SSSR count). The smallest absolute Gasteiger partial charge is 0.254 e. The molecule has 0 spiro atoms. The molecular weight excluding hydrogens is 338 g/mol. The van der Waals surface area contributed by atoms with Crippen molar-refractivity contribution in [3.05, 3.63) is 65.2 Å². The van der Waals surface area contributed by atoms with Crippen LogP contribution in [0, 0.1) is 11.6 Å². The Morgan fingerprint density at radius 3 is 2.73 bits per heavy atom. The van der Waals surface area contributed by atoms with Gasteiger partial charge in [-0.05, 0) is 43.5 Å². The minimum atomic E-state index is -0.902. The first-order valence-electron chi connectivity index (χ1n) is 8.60. The van der Waals surface area contributed by atoms with Crippen molar-refractivity contribution in [3.63, 3.8) is 0 Å². The number of rotatable bonds is 5. The number of para-hydroxylation sites is 1. The second kappa shape index (κ2) is 7.64. The van der Waals surface area contributed by atoms with Gasteiger partial charge in [-0.15, -0.1) is 0 Å². The molecule has 0 radical (unpaired) electrons. The highest BCUT2D eigenvalue weighted by Crippen LogP contribution is 2.32. The Bertz CT molecular complexity index is 838. The van der Waals surface area contributed by atoms with Gasteiger partial charge in [0, 0.05) is 30.8 Å². The van der Waals surface area contributed by atoms with Crippen LogP contribution in [0.15, 0.2) is 42.5 Å². The summed E-state index contributed by atoms with van der Waals surface area (Å²) in [6.07, 6.45) is 1.56. The molecule has 1 heterocycles. The number of hydrogen-bond acceptors (Lipinski definition) is 2. The van der Waals surface area contributed by atoms with Crippen LogP contribution in [0.1, 0.15) is 35.7 Å². The van der Waals surface area contributed by atoms with Crippen molar-refractivity contribution in [1.29, 1.82) is 0 Å². The van der Waals surface area contributed by atoms with Crippen LogP contribution >= 0.6 is 0 Å². The summed E-state index contributed by atoms with van der Waals surface area (Å²) in [6.45, 7) is 2.25. The van der Waals surface area contributed by atoms with E-state index in [0.717, 1.165) is 29.8 Å². The molecule has 26 heavy (non-hydrogen) atoms. The van der Waals surface area contributed by atoms with Crippen LogP contribution in [0.2, 0.25) is 0 Å². The number of anilines is 1. The second-order valence-electron chi connectivity index (χ2n) is 6.43. The van der Waals surface area contributed by atoms with Crippen molar-refractivity contribution < 1.29 is 18.4 Å². The Morgan fingerprint density at radius 1 is 1.19 bits per heavy atom. The van der Waals surface area contributed by atoms with Gasteiger partial charge in [0.05, 0.1) is 5.56 Å². The number of hydrogen-bond donors (Lipinski definition) is 1. The third kappa shape index (κ3) is 3.74. The summed E-state index contributed by atoms with van der Waals surface area (Å²) in [7, 11) is 0. The monoisotopic (exact) mass is 358 g/mol. The standard InChI is InChI=1S/C20H20F2N2O2/c1-13-11-14-5-2-3-6-18(14)24(13)19(25)7-4-10-23-20(26)16-9-8-15(21)12-17(16)22/h2-3,5-6,8-9,12-13H,4,7,10-11H2,1H3,(H,23,26)/t13-/m1/s1. The van der Waals surface area contributed by atoms with Gasteiger partial charge in [-0.2, -0.15) is 0 Å².